The molecular weight excluding hydrogens is 910 g/mol. The van der Waals surface area contributed by atoms with E-state index in [0.29, 0.717) is 64.2 Å². The van der Waals surface area contributed by atoms with Crippen molar-refractivity contribution in [3.05, 3.63) is 47.6 Å². The average molecular weight is 992 g/mol. The Morgan fingerprint density at radius 2 is 1.59 bits per heavy atom. The number of nitrogens with two attached hydrogens (primary N) is 2. The van der Waals surface area contributed by atoms with Crippen molar-refractivity contribution in [1.82, 2.24) is 4.90 Å². The van der Waals surface area contributed by atoms with Crippen LogP contribution in [0.5, 0.6) is 0 Å². The van der Waals surface area contributed by atoms with E-state index >= 15 is 0 Å². The van der Waals surface area contributed by atoms with Gasteiger partial charge >= 0.3 is 13.6 Å². The van der Waals surface area contributed by atoms with E-state index < -0.39 is 104 Å². The van der Waals surface area contributed by atoms with Crippen LogP contribution in [0.25, 0.3) is 0 Å². The second-order valence-corrected chi connectivity index (χ2v) is 21.8. The summed E-state index contributed by atoms with van der Waals surface area (Å²) >= 11 is 0. The maximum Gasteiger partial charge on any atom is 0.335 e. The molecule has 15 atom stereocenters. The normalized spacial score (nSPS) is 36.6. The Balaban J connectivity index is 1.70. The van der Waals surface area contributed by atoms with Crippen LogP contribution in [0.2, 0.25) is 0 Å². The Morgan fingerprint density at radius 3 is 2.25 bits per heavy atom. The lowest BCUT2D eigenvalue weighted by molar-refractivity contribution is -0.265. The molecular formula is C51H82N3O14P. The number of aliphatic hydroxyl groups excluding tert-OH is 1. The van der Waals surface area contributed by atoms with Crippen molar-refractivity contribution in [3.8, 4) is 0 Å². The Morgan fingerprint density at radius 1 is 0.884 bits per heavy atom. The molecule has 0 aromatic heterocycles. The quantitative estimate of drug-likeness (QED) is 0.119. The summed E-state index contributed by atoms with van der Waals surface area (Å²) < 4.78 is 47.1. The summed E-state index contributed by atoms with van der Waals surface area (Å²) in [5, 5.41) is 23.5. The number of aliphatic hydroxyl groups is 2. The summed E-state index contributed by atoms with van der Waals surface area (Å²) in [6.07, 6.45) is 10.3. The van der Waals surface area contributed by atoms with Crippen molar-refractivity contribution in [2.24, 2.45) is 46.5 Å². The number of esters is 1. The van der Waals surface area contributed by atoms with E-state index in [-0.39, 0.29) is 48.4 Å². The van der Waals surface area contributed by atoms with Gasteiger partial charge in [0.1, 0.15) is 18.2 Å². The minimum atomic E-state index is -3.79. The van der Waals surface area contributed by atoms with Gasteiger partial charge in [0.05, 0.1) is 30.5 Å². The van der Waals surface area contributed by atoms with Gasteiger partial charge in [0.25, 0.3) is 11.7 Å². The molecule has 69 heavy (non-hydrogen) atoms. The number of Topliss-reactive ketones (excluding diaryl/α,β-unsaturated/α-hetero) is 3. The second kappa shape index (κ2) is 26.5. The molecule has 2 unspecified atom stereocenters. The predicted molar refractivity (Wildman–Crippen MR) is 260 cm³/mol. The average Bonchev–Trinajstić information content (AvgIpc) is 3.30. The van der Waals surface area contributed by atoms with Crippen molar-refractivity contribution in [3.63, 3.8) is 0 Å². The van der Waals surface area contributed by atoms with Gasteiger partial charge in [0.15, 0.2) is 11.6 Å². The number of ether oxygens (including phenoxy) is 5. The molecule has 2 saturated heterocycles. The first-order valence-electron chi connectivity index (χ1n) is 24.8. The Kier molecular flexibility index (Phi) is 22.4. The lowest BCUT2D eigenvalue weighted by Crippen LogP contribution is -2.61. The Labute approximate surface area is 409 Å². The van der Waals surface area contributed by atoms with Crippen LogP contribution in [0.3, 0.4) is 0 Å². The Hall–Kier alpha value is -3.22. The zero-order chi connectivity index (χ0) is 51.4. The predicted octanol–water partition coefficient (Wildman–Crippen LogP) is 6.23. The fraction of sp³-hybridized carbons (Fsp3) is 0.745. The minimum absolute atomic E-state index is 0.00300. The summed E-state index contributed by atoms with van der Waals surface area (Å²) in [6, 6.07) is -1.18. The number of ketones is 3. The largest absolute Gasteiger partial charge is 0.460 e. The van der Waals surface area contributed by atoms with Gasteiger partial charge in [-0.05, 0) is 107 Å². The van der Waals surface area contributed by atoms with E-state index in [1.165, 1.54) is 19.1 Å². The molecule has 0 radical (unpaired) electrons. The van der Waals surface area contributed by atoms with E-state index in [0.717, 1.165) is 5.57 Å². The lowest BCUT2D eigenvalue weighted by Gasteiger charge is -2.42. The highest BCUT2D eigenvalue weighted by molar-refractivity contribution is 7.53. The minimum Gasteiger partial charge on any atom is -0.460 e. The zero-order valence-electron chi connectivity index (χ0n) is 42.6. The number of carbonyl (C=O) groups excluding carboxylic acids is 5. The maximum atomic E-state index is 14.5. The number of hydrogen-bond acceptors (Lipinski definition) is 14. The van der Waals surface area contributed by atoms with E-state index in [9.17, 15) is 38.8 Å². The van der Waals surface area contributed by atoms with E-state index in [2.05, 4.69) is 0 Å². The van der Waals surface area contributed by atoms with Gasteiger partial charge < -0.3 is 43.3 Å². The van der Waals surface area contributed by atoms with Crippen molar-refractivity contribution in [2.45, 2.75) is 180 Å². The summed E-state index contributed by atoms with van der Waals surface area (Å²) in [5.41, 5.74) is 12.2. The first-order chi connectivity index (χ1) is 32.4. The molecule has 1 saturated carbocycles. The molecule has 17 nitrogen and oxygen atoms in total. The van der Waals surface area contributed by atoms with Crippen molar-refractivity contribution < 1.29 is 67.0 Å². The number of hydrogen-bond donors (Lipinski definition) is 4. The molecule has 390 valence electrons. The van der Waals surface area contributed by atoms with Crippen LogP contribution in [0.4, 0.5) is 0 Å². The number of rotatable bonds is 8. The summed E-state index contributed by atoms with van der Waals surface area (Å²) in [5.74, 6) is -8.38. The molecule has 6 N–H and O–H groups in total. The van der Waals surface area contributed by atoms with Crippen LogP contribution in [0.15, 0.2) is 47.6 Å². The second-order valence-electron chi connectivity index (χ2n) is 20.3. The fourth-order valence-corrected chi connectivity index (χ4v) is 11.1. The highest BCUT2D eigenvalue weighted by Crippen LogP contribution is 2.41. The van der Waals surface area contributed by atoms with Crippen LogP contribution in [0.1, 0.15) is 126 Å². The number of piperidine rings is 1. The van der Waals surface area contributed by atoms with Gasteiger partial charge in [0, 0.05) is 58.5 Å². The standard InChI is InChI=1S/C51H82N3O14P/c1-30-16-12-11-13-17-31(2)42(63-8)28-38-21-19-36(7)51(61,67-38)48(58)49(59)54-23-15-14-18-39(54)50(60)66-43(33(4)26-37-20-22-41(44(27-37)64-9)68-69(52,53)62)29-40(55)32(3)25-35(6)46(57)47(65-10)45(56)34(5)24-30/h11-13,16-17,25,30,33-39,41-44,46-47,57,61H,14-15,18-24,26-29H2,1-10H3,(H4,52,53,62)/t30-,33-,34-,35?,36-,37+,38+,39?,41-,42+,43+,44-,46-,47+,51-/m1/s1. The van der Waals surface area contributed by atoms with Gasteiger partial charge in [-0.15, -0.1) is 0 Å². The van der Waals surface area contributed by atoms with E-state index in [1.807, 2.05) is 51.2 Å². The molecule has 4 rings (SSSR count). The number of fused-ring (bicyclic) bond motifs is 3. The maximum absolute atomic E-state index is 14.5. The highest BCUT2D eigenvalue weighted by Gasteiger charge is 2.53. The molecule has 0 aromatic carbocycles. The fourth-order valence-electron chi connectivity index (χ4n) is 10.5. The molecule has 3 aliphatic heterocycles. The summed E-state index contributed by atoms with van der Waals surface area (Å²) in [7, 11) is 0.664. The Bertz CT molecular complexity index is 1950. The van der Waals surface area contributed by atoms with Crippen molar-refractivity contribution in [1.29, 1.82) is 0 Å². The molecule has 3 heterocycles. The van der Waals surface area contributed by atoms with Gasteiger partial charge in [-0.1, -0.05) is 71.1 Å². The first kappa shape index (κ1) is 58.4. The number of allylic oxidation sites excluding steroid dienone is 6. The first-order valence-corrected chi connectivity index (χ1v) is 26.6. The van der Waals surface area contributed by atoms with Crippen molar-refractivity contribution >= 4 is 36.9 Å². The SMILES string of the molecule is CO[C@H]1C[C@@H]2CC[C@@H](C)[C@@](O)(O2)C(=O)C(=O)N2CCCCC2C(=O)O[C@H]([C@H](C)C[C@@H]2CC[C@@H](OP(N)(N)=O)[C@H](OC)C2)CC(=O)C(C)=CC(C)[C@@H](O)[C@@H](OC)C(=O)[C@H](C)C[C@H](C)C=CC=CC=C1C. The van der Waals surface area contributed by atoms with Crippen LogP contribution >= 0.6 is 7.67 Å². The third-order valence-corrected chi connectivity index (χ3v) is 15.4. The highest BCUT2D eigenvalue weighted by atomic mass is 31.2. The van der Waals surface area contributed by atoms with Crippen LogP contribution in [-0.2, 0) is 56.7 Å². The smallest absolute Gasteiger partial charge is 0.335 e. The molecule has 2 bridgehead atoms. The lowest BCUT2D eigenvalue weighted by atomic mass is 9.78. The van der Waals surface area contributed by atoms with Gasteiger partial charge in [-0.2, -0.15) is 0 Å². The molecule has 4 aliphatic rings. The number of methoxy groups -OCH3 is 3. The van der Waals surface area contributed by atoms with Crippen LogP contribution in [-0.4, -0.2) is 127 Å². The van der Waals surface area contributed by atoms with E-state index in [1.54, 1.807) is 40.9 Å². The number of cyclic esters (lactones) is 1. The molecule has 0 spiro atoms. The molecule has 18 heteroatoms. The van der Waals surface area contributed by atoms with Gasteiger partial charge in [-0.3, -0.25) is 23.7 Å². The molecule has 0 aromatic rings. The van der Waals surface area contributed by atoms with Crippen LogP contribution in [0, 0.1) is 35.5 Å². The number of amides is 1. The van der Waals surface area contributed by atoms with E-state index in [4.69, 9.17) is 39.2 Å². The topological polar surface area (TPSA) is 254 Å². The number of carbonyl (C=O) groups is 5. The van der Waals surface area contributed by atoms with Crippen LogP contribution < -0.4 is 11.0 Å². The zero-order valence-corrected chi connectivity index (χ0v) is 43.5. The summed E-state index contributed by atoms with van der Waals surface area (Å²) in [4.78, 5) is 72.1. The third kappa shape index (κ3) is 16.1. The van der Waals surface area contributed by atoms with Crippen molar-refractivity contribution in [2.75, 3.05) is 27.9 Å². The van der Waals surface area contributed by atoms with Gasteiger partial charge in [0.2, 0.25) is 5.79 Å². The third-order valence-electron chi connectivity index (χ3n) is 14.8. The number of nitrogens with zero attached hydrogens (tertiary/aromatic N) is 1. The molecule has 3 fully saturated rings. The molecule has 1 aliphatic carbocycles. The summed E-state index contributed by atoms with van der Waals surface area (Å²) in [6.45, 7) is 12.6. The molecule has 1 amide bonds. The monoisotopic (exact) mass is 992 g/mol. The van der Waals surface area contributed by atoms with Gasteiger partial charge in [-0.25, -0.2) is 15.8 Å².